The summed E-state index contributed by atoms with van der Waals surface area (Å²) >= 11 is 0. The highest BCUT2D eigenvalue weighted by molar-refractivity contribution is 6.34. The molecule has 0 heterocycles. The van der Waals surface area contributed by atoms with E-state index in [1.807, 2.05) is 13.8 Å². The second-order valence-corrected chi connectivity index (χ2v) is 8.31. The van der Waals surface area contributed by atoms with Gasteiger partial charge >= 0.3 is 6.16 Å². The summed E-state index contributed by atoms with van der Waals surface area (Å²) in [6.45, 7) is 5.12. The minimum Gasteiger partial charge on any atom is -0.395 e. The molecule has 0 atom stereocenters. The van der Waals surface area contributed by atoms with Crippen LogP contribution in [-0.2, 0) is 10.3 Å². The van der Waals surface area contributed by atoms with Gasteiger partial charge in [-0.2, -0.15) is 0 Å². The molecule has 0 aliphatic heterocycles. The van der Waals surface area contributed by atoms with E-state index in [0.29, 0.717) is 0 Å². The average Bonchev–Trinajstić information content (AvgIpc) is 3.02. The predicted octanol–water partition coefficient (Wildman–Crippen LogP) is 4.80. The number of para-hydroxylation sites is 1. The third kappa shape index (κ3) is 3.96. The molecule has 0 saturated carbocycles. The number of amides is 1. The van der Waals surface area contributed by atoms with Crippen LogP contribution in [0.5, 0.6) is 11.5 Å². The van der Waals surface area contributed by atoms with Crippen LogP contribution in [0.25, 0.3) is 0 Å². The summed E-state index contributed by atoms with van der Waals surface area (Å²) in [4.78, 5) is 52.1. The van der Waals surface area contributed by atoms with Gasteiger partial charge in [0.1, 0.15) is 11.5 Å². The topological polar surface area (TPSA) is 98.8 Å². The maximum Gasteiger partial charge on any atom is 0.519 e. The second-order valence-electron chi connectivity index (χ2n) is 8.31. The normalized spacial score (nSPS) is 14.0. The third-order valence-corrected chi connectivity index (χ3v) is 5.68. The van der Waals surface area contributed by atoms with E-state index < -0.39 is 29.2 Å². The molecule has 0 bridgehead atoms. The summed E-state index contributed by atoms with van der Waals surface area (Å²) in [5.74, 6) is -1.49. The van der Waals surface area contributed by atoms with Gasteiger partial charge in [0.15, 0.2) is 5.54 Å². The molecule has 0 saturated heterocycles. The Bertz CT molecular complexity index is 1260. The molecule has 3 aromatic carbocycles. The number of carbonyl (C=O) groups is 4. The van der Waals surface area contributed by atoms with E-state index in [0.717, 1.165) is 5.56 Å². The van der Waals surface area contributed by atoms with Gasteiger partial charge in [-0.25, -0.2) is 4.79 Å². The van der Waals surface area contributed by atoms with Crippen LogP contribution in [0.2, 0.25) is 0 Å². The molecule has 34 heavy (non-hydrogen) atoms. The van der Waals surface area contributed by atoms with Gasteiger partial charge in [-0.3, -0.25) is 14.4 Å². The van der Waals surface area contributed by atoms with E-state index in [1.54, 1.807) is 54.6 Å². The van der Waals surface area contributed by atoms with Crippen molar-refractivity contribution in [1.82, 2.24) is 5.32 Å². The van der Waals surface area contributed by atoms with Crippen LogP contribution in [0.15, 0.2) is 72.8 Å². The number of ketones is 2. The van der Waals surface area contributed by atoms with Gasteiger partial charge in [-0.1, -0.05) is 68.4 Å². The molecular weight excluding hydrogens is 434 g/mol. The van der Waals surface area contributed by atoms with Gasteiger partial charge in [0.05, 0.1) is 0 Å². The van der Waals surface area contributed by atoms with Gasteiger partial charge in [-0.15, -0.1) is 0 Å². The van der Waals surface area contributed by atoms with Crippen LogP contribution in [-0.4, -0.2) is 23.6 Å². The first-order chi connectivity index (χ1) is 16.2. The standard InChI is InChI=1S/C27H23NO6/c1-16(2)18-13-14-22(23(15-18)34-26(32)33-19-9-5-4-6-10-19)27(28-17(3)29)24(30)20-11-7-8-12-21(20)25(27)31/h4-16H,1-3H3,(H,28,29). The zero-order valence-electron chi connectivity index (χ0n) is 19.0. The lowest BCUT2D eigenvalue weighted by Crippen LogP contribution is -2.53. The van der Waals surface area contributed by atoms with Gasteiger partial charge in [0.25, 0.3) is 0 Å². The Morgan fingerprint density at radius 3 is 1.97 bits per heavy atom. The molecule has 4 rings (SSSR count). The molecule has 172 valence electrons. The fourth-order valence-electron chi connectivity index (χ4n) is 4.06. The minimum absolute atomic E-state index is 0.0459. The quantitative estimate of drug-likeness (QED) is 0.336. The van der Waals surface area contributed by atoms with Crippen molar-refractivity contribution >= 4 is 23.6 Å². The first-order valence-electron chi connectivity index (χ1n) is 10.8. The highest BCUT2D eigenvalue weighted by atomic mass is 16.7. The van der Waals surface area contributed by atoms with E-state index in [4.69, 9.17) is 9.47 Å². The fourth-order valence-corrected chi connectivity index (χ4v) is 4.06. The lowest BCUT2D eigenvalue weighted by molar-refractivity contribution is -0.120. The zero-order valence-corrected chi connectivity index (χ0v) is 19.0. The van der Waals surface area contributed by atoms with Crippen molar-refractivity contribution in [1.29, 1.82) is 0 Å². The molecule has 0 fully saturated rings. The van der Waals surface area contributed by atoms with Gasteiger partial charge in [0.2, 0.25) is 17.5 Å². The van der Waals surface area contributed by atoms with Crippen LogP contribution >= 0.6 is 0 Å². The van der Waals surface area contributed by atoms with E-state index in [2.05, 4.69) is 5.32 Å². The van der Waals surface area contributed by atoms with Crippen molar-refractivity contribution in [2.75, 3.05) is 0 Å². The number of carbonyl (C=O) groups excluding carboxylic acids is 4. The molecule has 0 aromatic heterocycles. The summed E-state index contributed by atoms with van der Waals surface area (Å²) in [5, 5.41) is 2.56. The number of hydrogen-bond acceptors (Lipinski definition) is 6. The lowest BCUT2D eigenvalue weighted by Gasteiger charge is -2.29. The van der Waals surface area contributed by atoms with E-state index in [-0.39, 0.29) is 34.1 Å². The monoisotopic (exact) mass is 457 g/mol. The SMILES string of the molecule is CC(=O)NC1(c2ccc(C(C)C)cc2OC(=O)Oc2ccccc2)C(=O)c2ccccc2C1=O. The average molecular weight is 457 g/mol. The van der Waals surface area contributed by atoms with E-state index >= 15 is 0 Å². The highest BCUT2D eigenvalue weighted by Gasteiger charge is 2.56. The highest BCUT2D eigenvalue weighted by Crippen LogP contribution is 2.42. The Labute approximate surface area is 196 Å². The number of ether oxygens (including phenoxy) is 2. The summed E-state index contributed by atoms with van der Waals surface area (Å²) in [6.07, 6.45) is -1.04. The predicted molar refractivity (Wildman–Crippen MR) is 124 cm³/mol. The van der Waals surface area contributed by atoms with Gasteiger partial charge in [0, 0.05) is 23.6 Å². The number of benzene rings is 3. The van der Waals surface area contributed by atoms with Crippen LogP contribution in [0.3, 0.4) is 0 Å². The van der Waals surface area contributed by atoms with Crippen molar-refractivity contribution in [2.45, 2.75) is 32.2 Å². The second kappa shape index (κ2) is 8.94. The van der Waals surface area contributed by atoms with Crippen molar-refractivity contribution in [2.24, 2.45) is 0 Å². The largest absolute Gasteiger partial charge is 0.519 e. The summed E-state index contributed by atoms with van der Waals surface area (Å²) in [6, 6.07) is 19.6. The number of nitrogens with one attached hydrogen (secondary N) is 1. The molecule has 0 radical (unpaired) electrons. The van der Waals surface area contributed by atoms with Crippen molar-refractivity contribution in [3.05, 3.63) is 95.1 Å². The molecule has 3 aromatic rings. The smallest absolute Gasteiger partial charge is 0.395 e. The van der Waals surface area contributed by atoms with Crippen LogP contribution in [0, 0.1) is 0 Å². The maximum absolute atomic E-state index is 13.6. The first-order valence-corrected chi connectivity index (χ1v) is 10.8. The maximum atomic E-state index is 13.6. The number of Topliss-reactive ketones (excluding diaryl/α,β-unsaturated/α-hetero) is 2. The van der Waals surface area contributed by atoms with Crippen molar-refractivity contribution < 1.29 is 28.7 Å². The molecule has 7 heteroatoms. The Balaban J connectivity index is 1.84. The zero-order chi connectivity index (χ0) is 24.5. The molecule has 1 aliphatic rings. The fraction of sp³-hybridized carbons (Fsp3) is 0.185. The van der Waals surface area contributed by atoms with Crippen molar-refractivity contribution in [3.8, 4) is 11.5 Å². The number of hydrogen-bond donors (Lipinski definition) is 1. The first kappa shape index (κ1) is 22.9. The Hall–Kier alpha value is -4.26. The summed E-state index contributed by atoms with van der Waals surface area (Å²) < 4.78 is 10.8. The van der Waals surface area contributed by atoms with Crippen LogP contribution in [0.1, 0.15) is 58.5 Å². The minimum atomic E-state index is -2.06. The van der Waals surface area contributed by atoms with Crippen molar-refractivity contribution in [3.63, 3.8) is 0 Å². The van der Waals surface area contributed by atoms with Gasteiger partial charge in [-0.05, 0) is 29.7 Å². The Kier molecular flexibility index (Phi) is 6.03. The molecule has 1 aliphatic carbocycles. The Morgan fingerprint density at radius 2 is 1.41 bits per heavy atom. The number of fused-ring (bicyclic) bond motifs is 1. The third-order valence-electron chi connectivity index (χ3n) is 5.68. The van der Waals surface area contributed by atoms with Crippen LogP contribution < -0.4 is 14.8 Å². The number of rotatable bonds is 5. The van der Waals surface area contributed by atoms with Gasteiger partial charge < -0.3 is 14.8 Å². The molecule has 0 spiro atoms. The molecular formula is C27H23NO6. The lowest BCUT2D eigenvalue weighted by atomic mass is 9.83. The van der Waals surface area contributed by atoms with E-state index in [9.17, 15) is 19.2 Å². The summed E-state index contributed by atoms with van der Waals surface area (Å²) in [5.41, 5.74) is -0.824. The Morgan fingerprint density at radius 1 is 0.824 bits per heavy atom. The summed E-state index contributed by atoms with van der Waals surface area (Å²) in [7, 11) is 0. The molecule has 1 N–H and O–H groups in total. The molecule has 0 unspecified atom stereocenters. The van der Waals surface area contributed by atoms with E-state index in [1.165, 1.54) is 25.1 Å². The molecule has 1 amide bonds. The molecule has 7 nitrogen and oxygen atoms in total. The van der Waals surface area contributed by atoms with Crippen LogP contribution in [0.4, 0.5) is 4.79 Å².